The maximum absolute atomic E-state index is 11.5. The van der Waals surface area contributed by atoms with E-state index in [0.29, 0.717) is 5.56 Å². The van der Waals surface area contributed by atoms with Crippen LogP contribution in [-0.4, -0.2) is 12.1 Å². The lowest BCUT2D eigenvalue weighted by Gasteiger charge is -2.08. The van der Waals surface area contributed by atoms with E-state index in [1.165, 1.54) is 0 Å². The number of halogens is 1. The number of carbonyl (C=O) groups excluding carboxylic acids is 1. The Balaban J connectivity index is 2.86. The molecule has 76 valence electrons. The molecular weight excluding hydrogens is 244 g/mol. The maximum Gasteiger partial charge on any atom is 0.338 e. The van der Waals surface area contributed by atoms with Gasteiger partial charge in [-0.3, -0.25) is 0 Å². The Bertz CT molecular complexity index is 345. The van der Waals surface area contributed by atoms with Gasteiger partial charge in [0.1, 0.15) is 0 Å². The normalized spacial score (nSPS) is 10.4. The summed E-state index contributed by atoms with van der Waals surface area (Å²) in [6, 6.07) is 5.42. The van der Waals surface area contributed by atoms with E-state index in [1.54, 1.807) is 6.07 Å². The third-order valence-electron chi connectivity index (χ3n) is 1.74. The van der Waals surface area contributed by atoms with Crippen molar-refractivity contribution in [2.75, 3.05) is 0 Å². The molecule has 0 heterocycles. The van der Waals surface area contributed by atoms with Gasteiger partial charge in [-0.05, 0) is 44.5 Å². The molecule has 14 heavy (non-hydrogen) atoms. The van der Waals surface area contributed by atoms with Gasteiger partial charge in [-0.15, -0.1) is 0 Å². The maximum atomic E-state index is 11.5. The lowest BCUT2D eigenvalue weighted by molar-refractivity contribution is 0.0378. The molecule has 0 spiro atoms. The van der Waals surface area contributed by atoms with Crippen molar-refractivity contribution >= 4 is 21.9 Å². The fraction of sp³-hybridized carbons (Fsp3) is 0.364. The van der Waals surface area contributed by atoms with Gasteiger partial charge in [0.05, 0.1) is 11.7 Å². The molecule has 0 saturated carbocycles. The van der Waals surface area contributed by atoms with Crippen LogP contribution in [-0.2, 0) is 4.74 Å². The number of aryl methyl sites for hydroxylation is 1. The summed E-state index contributed by atoms with van der Waals surface area (Å²) in [5.74, 6) is -0.268. The van der Waals surface area contributed by atoms with Crippen molar-refractivity contribution in [1.29, 1.82) is 0 Å². The minimum absolute atomic E-state index is 0.0774. The van der Waals surface area contributed by atoms with Crippen LogP contribution in [0.4, 0.5) is 0 Å². The van der Waals surface area contributed by atoms with Crippen LogP contribution in [0.3, 0.4) is 0 Å². The molecule has 1 aromatic carbocycles. The van der Waals surface area contributed by atoms with Gasteiger partial charge >= 0.3 is 5.97 Å². The first-order valence-electron chi connectivity index (χ1n) is 4.48. The molecular formula is C11H13BrO2. The van der Waals surface area contributed by atoms with Crippen LogP contribution >= 0.6 is 15.9 Å². The molecule has 0 aliphatic rings. The molecule has 0 fully saturated rings. The smallest absolute Gasteiger partial charge is 0.338 e. The van der Waals surface area contributed by atoms with Crippen molar-refractivity contribution in [2.24, 2.45) is 0 Å². The molecule has 2 nitrogen and oxygen atoms in total. The topological polar surface area (TPSA) is 26.3 Å². The summed E-state index contributed by atoms with van der Waals surface area (Å²) in [5, 5.41) is 0. The summed E-state index contributed by atoms with van der Waals surface area (Å²) in [7, 11) is 0. The number of benzene rings is 1. The van der Waals surface area contributed by atoms with Crippen molar-refractivity contribution in [3.05, 3.63) is 33.8 Å². The second-order valence-corrected chi connectivity index (χ2v) is 4.27. The van der Waals surface area contributed by atoms with E-state index in [1.807, 2.05) is 32.9 Å². The van der Waals surface area contributed by atoms with Crippen LogP contribution in [0.2, 0.25) is 0 Å². The molecule has 3 heteroatoms. The van der Waals surface area contributed by atoms with Gasteiger partial charge in [0.2, 0.25) is 0 Å². The number of hydrogen-bond acceptors (Lipinski definition) is 2. The van der Waals surface area contributed by atoms with Crippen molar-refractivity contribution in [3.63, 3.8) is 0 Å². The molecule has 0 bridgehead atoms. The first-order valence-corrected chi connectivity index (χ1v) is 5.27. The third kappa shape index (κ3) is 2.84. The molecule has 0 amide bonds. The van der Waals surface area contributed by atoms with E-state index in [4.69, 9.17) is 4.74 Å². The Morgan fingerprint density at radius 3 is 2.57 bits per heavy atom. The molecule has 0 aliphatic heterocycles. The van der Waals surface area contributed by atoms with E-state index in [0.717, 1.165) is 10.0 Å². The first kappa shape index (κ1) is 11.2. The van der Waals surface area contributed by atoms with Crippen molar-refractivity contribution < 1.29 is 9.53 Å². The fourth-order valence-electron chi connectivity index (χ4n) is 1.05. The SMILES string of the molecule is Cc1cc(C(=O)OC(C)C)ccc1Br. The summed E-state index contributed by atoms with van der Waals surface area (Å²) in [6.07, 6.45) is -0.0774. The minimum Gasteiger partial charge on any atom is -0.459 e. The standard InChI is InChI=1S/C11H13BrO2/c1-7(2)14-11(13)9-4-5-10(12)8(3)6-9/h4-7H,1-3H3. The summed E-state index contributed by atoms with van der Waals surface area (Å²) >= 11 is 3.38. The minimum atomic E-state index is -0.268. The van der Waals surface area contributed by atoms with Crippen LogP contribution in [0.1, 0.15) is 29.8 Å². The van der Waals surface area contributed by atoms with E-state index >= 15 is 0 Å². The highest BCUT2D eigenvalue weighted by atomic mass is 79.9. The Kier molecular flexibility index (Phi) is 3.69. The highest BCUT2D eigenvalue weighted by molar-refractivity contribution is 9.10. The quantitative estimate of drug-likeness (QED) is 0.759. The van der Waals surface area contributed by atoms with Crippen LogP contribution in [0, 0.1) is 6.92 Å². The van der Waals surface area contributed by atoms with E-state index in [-0.39, 0.29) is 12.1 Å². The average molecular weight is 257 g/mol. The summed E-state index contributed by atoms with van der Waals surface area (Å²) in [4.78, 5) is 11.5. The van der Waals surface area contributed by atoms with Crippen molar-refractivity contribution in [3.8, 4) is 0 Å². The number of hydrogen-bond donors (Lipinski definition) is 0. The van der Waals surface area contributed by atoms with Crippen molar-refractivity contribution in [1.82, 2.24) is 0 Å². The van der Waals surface area contributed by atoms with Gasteiger partial charge in [0.15, 0.2) is 0 Å². The lowest BCUT2D eigenvalue weighted by atomic mass is 10.1. The molecule has 0 N–H and O–H groups in total. The Labute approximate surface area is 92.4 Å². The highest BCUT2D eigenvalue weighted by Gasteiger charge is 2.09. The van der Waals surface area contributed by atoms with Crippen LogP contribution in [0.5, 0.6) is 0 Å². The molecule has 0 unspecified atom stereocenters. The monoisotopic (exact) mass is 256 g/mol. The fourth-order valence-corrected chi connectivity index (χ4v) is 1.30. The van der Waals surface area contributed by atoms with E-state index in [2.05, 4.69) is 15.9 Å². The Morgan fingerprint density at radius 1 is 1.43 bits per heavy atom. The molecule has 0 saturated heterocycles. The summed E-state index contributed by atoms with van der Waals surface area (Å²) in [5.41, 5.74) is 1.63. The number of carbonyl (C=O) groups is 1. The van der Waals surface area contributed by atoms with Gasteiger partial charge in [-0.2, -0.15) is 0 Å². The highest BCUT2D eigenvalue weighted by Crippen LogP contribution is 2.17. The van der Waals surface area contributed by atoms with Gasteiger partial charge in [-0.1, -0.05) is 15.9 Å². The zero-order chi connectivity index (χ0) is 10.7. The molecule has 1 aromatic rings. The second kappa shape index (κ2) is 4.60. The molecule has 0 radical (unpaired) electrons. The Morgan fingerprint density at radius 2 is 2.07 bits per heavy atom. The Hall–Kier alpha value is -0.830. The van der Waals surface area contributed by atoms with Crippen LogP contribution in [0.25, 0.3) is 0 Å². The lowest BCUT2D eigenvalue weighted by Crippen LogP contribution is -2.11. The van der Waals surface area contributed by atoms with Gasteiger partial charge in [0, 0.05) is 4.47 Å². The first-order chi connectivity index (χ1) is 6.50. The predicted molar refractivity (Wildman–Crippen MR) is 59.4 cm³/mol. The van der Waals surface area contributed by atoms with E-state index in [9.17, 15) is 4.79 Å². The van der Waals surface area contributed by atoms with Crippen LogP contribution in [0.15, 0.2) is 22.7 Å². The second-order valence-electron chi connectivity index (χ2n) is 3.42. The van der Waals surface area contributed by atoms with Crippen molar-refractivity contribution in [2.45, 2.75) is 26.9 Å². The molecule has 0 aliphatic carbocycles. The van der Waals surface area contributed by atoms with Gasteiger partial charge in [-0.25, -0.2) is 4.79 Å². The zero-order valence-electron chi connectivity index (χ0n) is 8.50. The van der Waals surface area contributed by atoms with Crippen LogP contribution < -0.4 is 0 Å². The predicted octanol–water partition coefficient (Wildman–Crippen LogP) is 3.32. The zero-order valence-corrected chi connectivity index (χ0v) is 10.1. The number of rotatable bonds is 2. The summed E-state index contributed by atoms with van der Waals surface area (Å²) in [6.45, 7) is 5.61. The number of ether oxygens (including phenoxy) is 1. The van der Waals surface area contributed by atoms with E-state index < -0.39 is 0 Å². The third-order valence-corrected chi connectivity index (χ3v) is 2.63. The van der Waals surface area contributed by atoms with Gasteiger partial charge < -0.3 is 4.74 Å². The molecule has 0 aromatic heterocycles. The summed E-state index contributed by atoms with van der Waals surface area (Å²) < 4.78 is 6.08. The largest absolute Gasteiger partial charge is 0.459 e. The number of esters is 1. The average Bonchev–Trinajstić information content (AvgIpc) is 2.08. The molecule has 1 rings (SSSR count). The van der Waals surface area contributed by atoms with Gasteiger partial charge in [0.25, 0.3) is 0 Å². The molecule has 0 atom stereocenters.